The summed E-state index contributed by atoms with van der Waals surface area (Å²) in [6.45, 7) is 0. The molecule has 0 amide bonds. The fraction of sp³-hybridized carbons (Fsp3) is 0.769. The molecule has 2 aliphatic carbocycles. The first-order chi connectivity index (χ1) is 8.87. The van der Waals surface area contributed by atoms with Gasteiger partial charge >= 0.3 is 6.18 Å². The summed E-state index contributed by atoms with van der Waals surface area (Å²) in [6, 6.07) is 0. The molecular weight excluding hydrogens is 255 g/mol. The van der Waals surface area contributed by atoms with Gasteiger partial charge in [0.25, 0.3) is 0 Å². The summed E-state index contributed by atoms with van der Waals surface area (Å²) in [5.74, 6) is 0.459. The SMILES string of the molecule is Cn1nc(N)c(C2CCC2)c1C1(C(F)(F)F)CCC1. The van der Waals surface area contributed by atoms with E-state index in [1.165, 1.54) is 4.68 Å². The Balaban J connectivity index is 2.13. The molecule has 2 aliphatic rings. The number of rotatable bonds is 2. The summed E-state index contributed by atoms with van der Waals surface area (Å²) >= 11 is 0. The molecule has 0 atom stereocenters. The molecule has 2 fully saturated rings. The van der Waals surface area contributed by atoms with Crippen LogP contribution in [0.4, 0.5) is 19.0 Å². The van der Waals surface area contributed by atoms with Crippen LogP contribution in [0.1, 0.15) is 55.7 Å². The smallest absolute Gasteiger partial charge is 0.382 e. The average Bonchev–Trinajstić information content (AvgIpc) is 2.38. The molecule has 0 aliphatic heterocycles. The van der Waals surface area contributed by atoms with Crippen LogP contribution >= 0.6 is 0 Å². The second-order valence-corrected chi connectivity index (χ2v) is 5.83. The number of halogens is 3. The quantitative estimate of drug-likeness (QED) is 0.898. The van der Waals surface area contributed by atoms with Crippen LogP contribution < -0.4 is 5.73 Å². The van der Waals surface area contributed by atoms with Crippen molar-refractivity contribution in [3.63, 3.8) is 0 Å². The fourth-order valence-corrected chi connectivity index (χ4v) is 3.41. The van der Waals surface area contributed by atoms with Gasteiger partial charge in [-0.05, 0) is 31.6 Å². The van der Waals surface area contributed by atoms with Crippen molar-refractivity contribution in [3.05, 3.63) is 11.3 Å². The predicted molar refractivity (Wildman–Crippen MR) is 65.8 cm³/mol. The molecule has 19 heavy (non-hydrogen) atoms. The lowest BCUT2D eigenvalue weighted by molar-refractivity contribution is -0.215. The van der Waals surface area contributed by atoms with E-state index in [0.29, 0.717) is 17.7 Å². The van der Waals surface area contributed by atoms with Gasteiger partial charge < -0.3 is 5.73 Å². The molecular formula is C13H18F3N3. The lowest BCUT2D eigenvalue weighted by atomic mass is 9.63. The van der Waals surface area contributed by atoms with Crippen molar-refractivity contribution in [1.29, 1.82) is 0 Å². The van der Waals surface area contributed by atoms with Crippen LogP contribution in [-0.2, 0) is 12.5 Å². The summed E-state index contributed by atoms with van der Waals surface area (Å²) in [5, 5.41) is 4.07. The minimum atomic E-state index is -4.22. The Morgan fingerprint density at radius 1 is 1.26 bits per heavy atom. The van der Waals surface area contributed by atoms with Crippen molar-refractivity contribution < 1.29 is 13.2 Å². The summed E-state index contributed by atoms with van der Waals surface area (Å²) < 4.78 is 41.9. The van der Waals surface area contributed by atoms with E-state index in [2.05, 4.69) is 5.10 Å². The third-order valence-corrected chi connectivity index (χ3v) is 4.83. The van der Waals surface area contributed by atoms with Gasteiger partial charge in [0, 0.05) is 12.6 Å². The topological polar surface area (TPSA) is 43.8 Å². The van der Waals surface area contributed by atoms with Crippen LogP contribution in [0, 0.1) is 0 Å². The van der Waals surface area contributed by atoms with Crippen molar-refractivity contribution in [2.75, 3.05) is 5.73 Å². The molecule has 0 bridgehead atoms. The van der Waals surface area contributed by atoms with Gasteiger partial charge in [0.15, 0.2) is 0 Å². The second-order valence-electron chi connectivity index (χ2n) is 5.83. The third-order valence-electron chi connectivity index (χ3n) is 4.83. The maximum absolute atomic E-state index is 13.5. The first-order valence-electron chi connectivity index (χ1n) is 6.76. The first-order valence-corrected chi connectivity index (χ1v) is 6.76. The number of hydrogen-bond donors (Lipinski definition) is 1. The first kappa shape index (κ1) is 12.8. The van der Waals surface area contributed by atoms with Crippen molar-refractivity contribution in [2.24, 2.45) is 7.05 Å². The Morgan fingerprint density at radius 2 is 1.89 bits per heavy atom. The molecule has 6 heteroatoms. The van der Waals surface area contributed by atoms with E-state index in [9.17, 15) is 13.2 Å². The van der Waals surface area contributed by atoms with Gasteiger partial charge in [-0.3, -0.25) is 4.68 Å². The summed E-state index contributed by atoms with van der Waals surface area (Å²) in [4.78, 5) is 0. The minimum Gasteiger partial charge on any atom is -0.382 e. The normalized spacial score (nSPS) is 22.9. The standard InChI is InChI=1S/C13H18F3N3/c1-19-10(12(6-3-7-12)13(14,15)16)9(11(17)18-19)8-4-2-5-8/h8H,2-7H2,1H3,(H2,17,18). The number of nitrogen functional groups attached to an aromatic ring is 1. The zero-order chi connectivity index (χ0) is 13.8. The second kappa shape index (κ2) is 3.90. The molecule has 0 radical (unpaired) electrons. The van der Waals surface area contributed by atoms with Crippen LogP contribution in [0.2, 0.25) is 0 Å². The fourth-order valence-electron chi connectivity index (χ4n) is 3.41. The van der Waals surface area contributed by atoms with Gasteiger partial charge in [-0.2, -0.15) is 18.3 Å². The maximum Gasteiger partial charge on any atom is 0.399 e. The third kappa shape index (κ3) is 1.61. The molecule has 0 spiro atoms. The number of aryl methyl sites for hydroxylation is 1. The molecule has 2 N–H and O–H groups in total. The molecule has 0 unspecified atom stereocenters. The number of nitrogens with two attached hydrogens (primary N) is 1. The van der Waals surface area contributed by atoms with Crippen molar-refractivity contribution in [3.8, 4) is 0 Å². The van der Waals surface area contributed by atoms with Crippen LogP contribution in [0.15, 0.2) is 0 Å². The highest BCUT2D eigenvalue weighted by molar-refractivity contribution is 5.50. The monoisotopic (exact) mass is 273 g/mol. The van der Waals surface area contributed by atoms with Gasteiger partial charge in [-0.25, -0.2) is 0 Å². The van der Waals surface area contributed by atoms with E-state index >= 15 is 0 Å². The highest BCUT2D eigenvalue weighted by Crippen LogP contribution is 2.57. The largest absolute Gasteiger partial charge is 0.399 e. The molecule has 0 saturated heterocycles. The van der Waals surface area contributed by atoms with Crippen molar-refractivity contribution >= 4 is 5.82 Å². The minimum absolute atomic E-state index is 0.162. The van der Waals surface area contributed by atoms with E-state index in [0.717, 1.165) is 19.3 Å². The Morgan fingerprint density at radius 3 is 2.26 bits per heavy atom. The molecule has 2 saturated carbocycles. The van der Waals surface area contributed by atoms with E-state index in [-0.39, 0.29) is 24.6 Å². The molecule has 106 valence electrons. The average molecular weight is 273 g/mol. The highest BCUT2D eigenvalue weighted by atomic mass is 19.4. The van der Waals surface area contributed by atoms with E-state index in [1.54, 1.807) is 7.05 Å². The Hall–Kier alpha value is -1.20. The lowest BCUT2D eigenvalue weighted by Gasteiger charge is -2.44. The van der Waals surface area contributed by atoms with Crippen LogP contribution in [0.3, 0.4) is 0 Å². The molecule has 1 heterocycles. The van der Waals surface area contributed by atoms with Gasteiger partial charge in [-0.1, -0.05) is 12.8 Å². The lowest BCUT2D eigenvalue weighted by Crippen LogP contribution is -2.50. The summed E-state index contributed by atoms with van der Waals surface area (Å²) in [7, 11) is 1.58. The van der Waals surface area contributed by atoms with Crippen LogP contribution in [-0.4, -0.2) is 16.0 Å². The Labute approximate surface area is 110 Å². The van der Waals surface area contributed by atoms with Gasteiger partial charge in [0.1, 0.15) is 11.2 Å². The Bertz CT molecular complexity index is 496. The summed E-state index contributed by atoms with van der Waals surface area (Å²) in [5.41, 5.74) is 5.16. The summed E-state index contributed by atoms with van der Waals surface area (Å²) in [6.07, 6.45) is -0.353. The highest BCUT2D eigenvalue weighted by Gasteiger charge is 2.62. The van der Waals surface area contributed by atoms with Crippen molar-refractivity contribution in [2.45, 2.75) is 56.0 Å². The number of aromatic nitrogens is 2. The van der Waals surface area contributed by atoms with Gasteiger partial charge in [0.2, 0.25) is 0 Å². The van der Waals surface area contributed by atoms with Crippen LogP contribution in [0.5, 0.6) is 0 Å². The molecule has 1 aromatic rings. The van der Waals surface area contributed by atoms with E-state index < -0.39 is 11.6 Å². The molecule has 3 rings (SSSR count). The predicted octanol–water partition coefficient (Wildman–Crippen LogP) is 3.25. The van der Waals surface area contributed by atoms with Gasteiger partial charge in [-0.15, -0.1) is 0 Å². The molecule has 0 aromatic carbocycles. The Kier molecular flexibility index (Phi) is 2.63. The zero-order valence-electron chi connectivity index (χ0n) is 10.9. The molecule has 3 nitrogen and oxygen atoms in total. The zero-order valence-corrected chi connectivity index (χ0v) is 10.9. The van der Waals surface area contributed by atoms with Crippen LogP contribution in [0.25, 0.3) is 0 Å². The molecule has 1 aromatic heterocycles. The van der Waals surface area contributed by atoms with Crippen molar-refractivity contribution in [1.82, 2.24) is 9.78 Å². The van der Waals surface area contributed by atoms with Gasteiger partial charge in [0.05, 0.1) is 5.69 Å². The number of alkyl halides is 3. The van der Waals surface area contributed by atoms with E-state index in [4.69, 9.17) is 5.73 Å². The van der Waals surface area contributed by atoms with E-state index in [1.807, 2.05) is 0 Å². The maximum atomic E-state index is 13.5. The number of anilines is 1. The number of hydrogen-bond acceptors (Lipinski definition) is 2. The number of nitrogens with zero attached hydrogens (tertiary/aromatic N) is 2.